The second-order valence-electron chi connectivity index (χ2n) is 4.23. The summed E-state index contributed by atoms with van der Waals surface area (Å²) in [5.41, 5.74) is 0. The van der Waals surface area contributed by atoms with E-state index in [0.29, 0.717) is 18.1 Å². The van der Waals surface area contributed by atoms with Gasteiger partial charge in [0.05, 0.1) is 0 Å². The summed E-state index contributed by atoms with van der Waals surface area (Å²) in [4.78, 5) is 12.8. The predicted octanol–water partition coefficient (Wildman–Crippen LogP) is -0.177. The van der Waals surface area contributed by atoms with Gasteiger partial charge in [0.1, 0.15) is 0 Å². The highest BCUT2D eigenvalue weighted by molar-refractivity contribution is 7.84. The lowest BCUT2D eigenvalue weighted by Crippen LogP contribution is -2.45. The summed E-state index contributed by atoms with van der Waals surface area (Å²) in [6, 6.07) is 0. The van der Waals surface area contributed by atoms with Crippen molar-refractivity contribution in [3.63, 3.8) is 0 Å². The van der Waals surface area contributed by atoms with E-state index in [2.05, 4.69) is 5.32 Å². The van der Waals surface area contributed by atoms with E-state index in [-0.39, 0.29) is 5.91 Å². The van der Waals surface area contributed by atoms with Gasteiger partial charge < -0.3 is 10.2 Å². The van der Waals surface area contributed by atoms with Crippen molar-refractivity contribution in [3.05, 3.63) is 0 Å². The molecule has 1 rings (SSSR count). The number of rotatable bonds is 6. The van der Waals surface area contributed by atoms with Gasteiger partial charge in [-0.3, -0.25) is 9.00 Å². The molecule has 4 nitrogen and oxygen atoms in total. The van der Waals surface area contributed by atoms with Crippen LogP contribution in [0.1, 0.15) is 12.8 Å². The maximum atomic E-state index is 11.6. The van der Waals surface area contributed by atoms with Gasteiger partial charge in [-0.15, -0.1) is 0 Å². The highest BCUT2D eigenvalue weighted by Crippen LogP contribution is 2.06. The van der Waals surface area contributed by atoms with E-state index in [0.717, 1.165) is 25.3 Å². The van der Waals surface area contributed by atoms with Crippen LogP contribution in [-0.4, -0.2) is 53.7 Å². The molecule has 0 saturated carbocycles. The molecule has 1 heterocycles. The van der Waals surface area contributed by atoms with Gasteiger partial charge in [-0.25, -0.2) is 0 Å². The lowest BCUT2D eigenvalue weighted by atomic mass is 10.1. The Morgan fingerprint density at radius 1 is 1.47 bits per heavy atom. The largest absolute Gasteiger partial charge is 0.349 e. The number of nitrogens with zero attached hydrogens (tertiary/aromatic N) is 1. The Kier molecular flexibility index (Phi) is 5.25. The first-order valence-electron chi connectivity index (χ1n) is 5.35. The molecule has 1 N–H and O–H groups in total. The summed E-state index contributed by atoms with van der Waals surface area (Å²) in [5.74, 6) is 2.17. The van der Waals surface area contributed by atoms with E-state index in [4.69, 9.17) is 0 Å². The molecule has 0 aromatic heterocycles. The fraction of sp³-hybridized carbons (Fsp3) is 0.900. The van der Waals surface area contributed by atoms with Gasteiger partial charge in [-0.1, -0.05) is 0 Å². The van der Waals surface area contributed by atoms with E-state index in [9.17, 15) is 9.00 Å². The van der Waals surface area contributed by atoms with Crippen molar-refractivity contribution >= 4 is 16.7 Å². The van der Waals surface area contributed by atoms with Gasteiger partial charge in [0.25, 0.3) is 0 Å². The Labute approximate surface area is 93.9 Å². The first-order chi connectivity index (χ1) is 7.09. The normalized spacial score (nSPS) is 18.3. The minimum Gasteiger partial charge on any atom is -0.349 e. The SMILES string of the molecule is CN(C)C(=O)CCCS(=O)CC1CNC1. The van der Waals surface area contributed by atoms with Crippen LogP contribution in [0.3, 0.4) is 0 Å². The molecule has 15 heavy (non-hydrogen) atoms. The minimum absolute atomic E-state index is 0.123. The molecule has 1 unspecified atom stereocenters. The van der Waals surface area contributed by atoms with Gasteiger partial charge in [0.15, 0.2) is 0 Å². The monoisotopic (exact) mass is 232 g/mol. The van der Waals surface area contributed by atoms with Crippen LogP contribution in [0, 0.1) is 5.92 Å². The van der Waals surface area contributed by atoms with Crippen molar-refractivity contribution in [2.24, 2.45) is 5.92 Å². The van der Waals surface area contributed by atoms with Gasteiger partial charge >= 0.3 is 0 Å². The van der Waals surface area contributed by atoms with Crippen LogP contribution >= 0.6 is 0 Å². The zero-order valence-electron chi connectivity index (χ0n) is 9.49. The van der Waals surface area contributed by atoms with Crippen molar-refractivity contribution in [1.82, 2.24) is 10.2 Å². The van der Waals surface area contributed by atoms with E-state index < -0.39 is 10.8 Å². The average Bonchev–Trinajstić information content (AvgIpc) is 2.11. The quantitative estimate of drug-likeness (QED) is 0.691. The number of carbonyl (C=O) groups is 1. The summed E-state index contributed by atoms with van der Waals surface area (Å²) >= 11 is 0. The average molecular weight is 232 g/mol. The summed E-state index contributed by atoms with van der Waals surface area (Å²) < 4.78 is 11.6. The lowest BCUT2D eigenvalue weighted by Gasteiger charge is -2.26. The van der Waals surface area contributed by atoms with E-state index in [1.54, 1.807) is 19.0 Å². The second-order valence-corrected chi connectivity index (χ2v) is 5.85. The van der Waals surface area contributed by atoms with Crippen molar-refractivity contribution in [2.75, 3.05) is 38.7 Å². The molecule has 0 aromatic rings. The number of amides is 1. The Balaban J connectivity index is 2.03. The molecule has 1 fully saturated rings. The zero-order chi connectivity index (χ0) is 11.3. The second kappa shape index (κ2) is 6.23. The molecule has 1 amide bonds. The number of nitrogens with one attached hydrogen (secondary N) is 1. The Bertz CT molecular complexity index is 240. The number of carbonyl (C=O) groups excluding carboxylic acids is 1. The maximum Gasteiger partial charge on any atom is 0.222 e. The maximum absolute atomic E-state index is 11.6. The van der Waals surface area contributed by atoms with Crippen LogP contribution in [0.4, 0.5) is 0 Å². The third kappa shape index (κ3) is 4.75. The summed E-state index contributed by atoms with van der Waals surface area (Å²) in [6.45, 7) is 2.00. The first kappa shape index (κ1) is 12.6. The Hall–Kier alpha value is -0.420. The van der Waals surface area contributed by atoms with E-state index in [1.165, 1.54) is 0 Å². The standard InChI is InChI=1S/C10H20N2O2S/c1-12(2)10(13)4-3-5-15(14)8-9-6-11-7-9/h9,11H,3-8H2,1-2H3. The molecule has 0 aliphatic carbocycles. The molecule has 5 heteroatoms. The molecule has 0 bridgehead atoms. The van der Waals surface area contributed by atoms with Crippen LogP contribution < -0.4 is 5.32 Å². The molecule has 1 aliphatic rings. The molecule has 0 aromatic carbocycles. The van der Waals surface area contributed by atoms with Gasteiger partial charge in [0.2, 0.25) is 5.91 Å². The highest BCUT2D eigenvalue weighted by atomic mass is 32.2. The predicted molar refractivity (Wildman–Crippen MR) is 62.2 cm³/mol. The Morgan fingerprint density at radius 2 is 2.13 bits per heavy atom. The minimum atomic E-state index is -0.739. The molecular formula is C10H20N2O2S. The van der Waals surface area contributed by atoms with Crippen molar-refractivity contribution in [1.29, 1.82) is 0 Å². The van der Waals surface area contributed by atoms with Crippen LogP contribution in [0.25, 0.3) is 0 Å². The molecule has 0 spiro atoms. The van der Waals surface area contributed by atoms with Crippen LogP contribution in [0.2, 0.25) is 0 Å². The summed E-state index contributed by atoms with van der Waals surface area (Å²) in [5, 5.41) is 3.16. The van der Waals surface area contributed by atoms with Crippen LogP contribution in [-0.2, 0) is 15.6 Å². The van der Waals surface area contributed by atoms with Gasteiger partial charge in [-0.05, 0) is 12.3 Å². The zero-order valence-corrected chi connectivity index (χ0v) is 10.3. The molecule has 1 saturated heterocycles. The Morgan fingerprint density at radius 3 is 2.60 bits per heavy atom. The number of hydrogen-bond acceptors (Lipinski definition) is 3. The first-order valence-corrected chi connectivity index (χ1v) is 6.84. The molecule has 1 atom stereocenters. The van der Waals surface area contributed by atoms with Gasteiger partial charge in [0, 0.05) is 55.9 Å². The topological polar surface area (TPSA) is 49.4 Å². The lowest BCUT2D eigenvalue weighted by molar-refractivity contribution is -0.128. The third-order valence-electron chi connectivity index (χ3n) is 2.55. The highest BCUT2D eigenvalue weighted by Gasteiger charge is 2.19. The van der Waals surface area contributed by atoms with Crippen LogP contribution in [0.15, 0.2) is 0 Å². The fourth-order valence-electron chi connectivity index (χ4n) is 1.42. The molecule has 1 aliphatic heterocycles. The van der Waals surface area contributed by atoms with Crippen molar-refractivity contribution in [2.45, 2.75) is 12.8 Å². The van der Waals surface area contributed by atoms with Crippen molar-refractivity contribution < 1.29 is 9.00 Å². The summed E-state index contributed by atoms with van der Waals surface area (Å²) in [7, 11) is 2.76. The molecule has 0 radical (unpaired) electrons. The number of hydrogen-bond donors (Lipinski definition) is 1. The van der Waals surface area contributed by atoms with Crippen LogP contribution in [0.5, 0.6) is 0 Å². The van der Waals surface area contributed by atoms with Gasteiger partial charge in [-0.2, -0.15) is 0 Å². The smallest absolute Gasteiger partial charge is 0.222 e. The molecule has 88 valence electrons. The van der Waals surface area contributed by atoms with Crippen molar-refractivity contribution in [3.8, 4) is 0 Å². The fourth-order valence-corrected chi connectivity index (χ4v) is 2.81. The molecular weight excluding hydrogens is 212 g/mol. The van der Waals surface area contributed by atoms with E-state index in [1.807, 2.05) is 0 Å². The van der Waals surface area contributed by atoms with E-state index >= 15 is 0 Å². The third-order valence-corrected chi connectivity index (χ3v) is 4.14. The summed E-state index contributed by atoms with van der Waals surface area (Å²) in [6.07, 6.45) is 1.26.